The lowest BCUT2D eigenvalue weighted by Crippen LogP contribution is -2.02. The highest BCUT2D eigenvalue weighted by atomic mass is 32.2. The Morgan fingerprint density at radius 3 is 2.57 bits per heavy atom. The summed E-state index contributed by atoms with van der Waals surface area (Å²) in [6, 6.07) is 5.96. The molecule has 0 aliphatic rings. The van der Waals surface area contributed by atoms with E-state index < -0.39 is 5.51 Å². The van der Waals surface area contributed by atoms with E-state index in [4.69, 9.17) is 5.11 Å². The predicted molar refractivity (Wildman–Crippen MR) is 72.8 cm³/mol. The van der Waals surface area contributed by atoms with E-state index in [1.165, 1.54) is 16.8 Å². The number of thioether (sulfide) groups is 1. The first-order chi connectivity index (χ1) is 9.96. The summed E-state index contributed by atoms with van der Waals surface area (Å²) in [5, 5.41) is 19.5. The maximum atomic E-state index is 12.2. The van der Waals surface area contributed by atoms with Crippen LogP contribution >= 0.6 is 11.8 Å². The molecule has 0 saturated heterocycles. The Morgan fingerprint density at radius 1 is 1.24 bits per heavy atom. The zero-order valence-corrected chi connectivity index (χ0v) is 11.7. The summed E-state index contributed by atoms with van der Waals surface area (Å²) in [6.07, 6.45) is 1.69. The van der Waals surface area contributed by atoms with Crippen LogP contribution in [0.25, 0.3) is 0 Å². The number of nitrogens with one attached hydrogen (secondary N) is 1. The zero-order chi connectivity index (χ0) is 15.3. The van der Waals surface area contributed by atoms with Gasteiger partial charge >= 0.3 is 5.51 Å². The molecule has 1 aromatic carbocycles. The number of hydrogen-bond donors (Lipinski definition) is 2. The number of alkyl halides is 3. The number of aliphatic hydroxyl groups excluding tert-OH is 1. The molecule has 2 N–H and O–H groups in total. The van der Waals surface area contributed by atoms with Crippen LogP contribution in [0.4, 0.5) is 18.9 Å². The van der Waals surface area contributed by atoms with Gasteiger partial charge in [0.25, 0.3) is 0 Å². The van der Waals surface area contributed by atoms with E-state index in [1.54, 1.807) is 18.3 Å². The summed E-state index contributed by atoms with van der Waals surface area (Å²) < 4.78 is 38.1. The van der Waals surface area contributed by atoms with Gasteiger partial charge in [-0.3, -0.25) is 0 Å². The van der Waals surface area contributed by atoms with Crippen LogP contribution in [0.3, 0.4) is 0 Å². The molecule has 0 aliphatic carbocycles. The number of aliphatic hydroxyl groups is 1. The smallest absolute Gasteiger partial charge is 0.394 e. The SMILES string of the molecule is OCCn1cc(CNc2ccc(SC(F)(F)F)cc2)nn1. The fraction of sp³-hybridized carbons (Fsp3) is 0.333. The lowest BCUT2D eigenvalue weighted by atomic mass is 10.3. The largest absolute Gasteiger partial charge is 0.446 e. The molecule has 21 heavy (non-hydrogen) atoms. The van der Waals surface area contributed by atoms with Crippen LogP contribution in [0.15, 0.2) is 35.4 Å². The summed E-state index contributed by atoms with van der Waals surface area (Å²) in [4.78, 5) is 0.141. The number of halogens is 3. The van der Waals surface area contributed by atoms with Crippen molar-refractivity contribution in [1.82, 2.24) is 15.0 Å². The second kappa shape index (κ2) is 6.81. The fourth-order valence-electron chi connectivity index (χ4n) is 1.60. The summed E-state index contributed by atoms with van der Waals surface area (Å²) in [5.41, 5.74) is -2.91. The number of anilines is 1. The molecule has 1 heterocycles. The van der Waals surface area contributed by atoms with Crippen LogP contribution in [0, 0.1) is 0 Å². The highest BCUT2D eigenvalue weighted by Gasteiger charge is 2.28. The van der Waals surface area contributed by atoms with Crippen molar-refractivity contribution in [1.29, 1.82) is 0 Å². The van der Waals surface area contributed by atoms with Crippen LogP contribution in [-0.2, 0) is 13.1 Å². The van der Waals surface area contributed by atoms with Crippen molar-refractivity contribution in [3.05, 3.63) is 36.2 Å². The molecule has 2 aromatic rings. The van der Waals surface area contributed by atoms with Crippen molar-refractivity contribution in [2.45, 2.75) is 23.5 Å². The molecule has 0 saturated carbocycles. The number of nitrogens with zero attached hydrogens (tertiary/aromatic N) is 3. The van der Waals surface area contributed by atoms with E-state index in [2.05, 4.69) is 15.6 Å². The Hall–Kier alpha value is -1.74. The third-order valence-electron chi connectivity index (χ3n) is 2.48. The molecular weight excluding hydrogens is 305 g/mol. The minimum atomic E-state index is -4.28. The van der Waals surface area contributed by atoms with Crippen molar-refractivity contribution in [3.8, 4) is 0 Å². The van der Waals surface area contributed by atoms with Crippen molar-refractivity contribution >= 4 is 17.4 Å². The lowest BCUT2D eigenvalue weighted by Gasteiger charge is -2.07. The topological polar surface area (TPSA) is 63.0 Å². The molecule has 0 atom stereocenters. The van der Waals surface area contributed by atoms with Gasteiger partial charge in [0.05, 0.1) is 25.9 Å². The maximum Gasteiger partial charge on any atom is 0.446 e. The molecule has 0 bridgehead atoms. The van der Waals surface area contributed by atoms with Gasteiger partial charge < -0.3 is 10.4 Å². The van der Waals surface area contributed by atoms with Crippen molar-refractivity contribution in [3.63, 3.8) is 0 Å². The highest BCUT2D eigenvalue weighted by molar-refractivity contribution is 8.00. The maximum absolute atomic E-state index is 12.2. The first kappa shape index (κ1) is 15.6. The molecule has 5 nitrogen and oxygen atoms in total. The summed E-state index contributed by atoms with van der Waals surface area (Å²) >= 11 is -0.144. The molecule has 1 aromatic heterocycles. The van der Waals surface area contributed by atoms with Crippen LogP contribution in [-0.4, -0.2) is 32.2 Å². The molecule has 0 fully saturated rings. The second-order valence-electron chi connectivity index (χ2n) is 4.12. The van der Waals surface area contributed by atoms with E-state index in [0.29, 0.717) is 24.5 Å². The minimum absolute atomic E-state index is 0.0193. The van der Waals surface area contributed by atoms with Gasteiger partial charge in [-0.2, -0.15) is 13.2 Å². The van der Waals surface area contributed by atoms with E-state index in [0.717, 1.165) is 0 Å². The normalized spacial score (nSPS) is 11.6. The molecule has 0 aliphatic heterocycles. The summed E-state index contributed by atoms with van der Waals surface area (Å²) in [6.45, 7) is 0.752. The Labute approximate surface area is 123 Å². The molecule has 9 heteroatoms. The van der Waals surface area contributed by atoms with Crippen LogP contribution in [0.1, 0.15) is 5.69 Å². The van der Waals surface area contributed by atoms with Crippen LogP contribution < -0.4 is 5.32 Å². The Kier molecular flexibility index (Phi) is 5.07. The van der Waals surface area contributed by atoms with Gasteiger partial charge in [0, 0.05) is 10.6 Å². The van der Waals surface area contributed by atoms with Gasteiger partial charge in [0.2, 0.25) is 0 Å². The third-order valence-corrected chi connectivity index (χ3v) is 3.22. The van der Waals surface area contributed by atoms with E-state index in [-0.39, 0.29) is 23.3 Å². The zero-order valence-electron chi connectivity index (χ0n) is 10.8. The van der Waals surface area contributed by atoms with E-state index in [1.807, 2.05) is 0 Å². The first-order valence-corrected chi connectivity index (χ1v) is 6.87. The van der Waals surface area contributed by atoms with Crippen LogP contribution in [0.2, 0.25) is 0 Å². The Bertz CT molecular complexity index is 571. The van der Waals surface area contributed by atoms with Gasteiger partial charge in [-0.15, -0.1) is 5.10 Å². The average Bonchev–Trinajstić information content (AvgIpc) is 2.84. The summed E-state index contributed by atoms with van der Waals surface area (Å²) in [7, 11) is 0. The van der Waals surface area contributed by atoms with Crippen molar-refractivity contribution in [2.75, 3.05) is 11.9 Å². The predicted octanol–water partition coefficient (Wildman–Crippen LogP) is 2.49. The van der Waals surface area contributed by atoms with Crippen molar-refractivity contribution in [2.24, 2.45) is 0 Å². The third kappa shape index (κ3) is 5.27. The van der Waals surface area contributed by atoms with Gasteiger partial charge in [0.1, 0.15) is 5.69 Å². The lowest BCUT2D eigenvalue weighted by molar-refractivity contribution is -0.0328. The molecule has 114 valence electrons. The van der Waals surface area contributed by atoms with Gasteiger partial charge in [-0.05, 0) is 36.0 Å². The first-order valence-electron chi connectivity index (χ1n) is 6.06. The second-order valence-corrected chi connectivity index (χ2v) is 5.26. The number of aromatic nitrogens is 3. The molecule has 0 radical (unpaired) electrons. The van der Waals surface area contributed by atoms with E-state index >= 15 is 0 Å². The minimum Gasteiger partial charge on any atom is -0.394 e. The van der Waals surface area contributed by atoms with Crippen LogP contribution in [0.5, 0.6) is 0 Å². The van der Waals surface area contributed by atoms with E-state index in [9.17, 15) is 13.2 Å². The van der Waals surface area contributed by atoms with Gasteiger partial charge in [-0.1, -0.05) is 5.21 Å². The highest BCUT2D eigenvalue weighted by Crippen LogP contribution is 2.37. The average molecular weight is 318 g/mol. The monoisotopic (exact) mass is 318 g/mol. The Morgan fingerprint density at radius 2 is 1.95 bits per heavy atom. The quantitative estimate of drug-likeness (QED) is 0.801. The standard InChI is InChI=1S/C12H13F3N4OS/c13-12(14,15)21-11-3-1-9(2-4-11)16-7-10-8-19(5-6-20)18-17-10/h1-4,8,16,20H,5-7H2. The fourth-order valence-corrected chi connectivity index (χ4v) is 2.14. The number of hydrogen-bond acceptors (Lipinski definition) is 5. The summed E-state index contributed by atoms with van der Waals surface area (Å²) in [5.74, 6) is 0. The molecule has 2 rings (SSSR count). The number of benzene rings is 1. The molecule has 0 unspecified atom stereocenters. The molecular formula is C12H13F3N4OS. The van der Waals surface area contributed by atoms with Gasteiger partial charge in [-0.25, -0.2) is 4.68 Å². The van der Waals surface area contributed by atoms with Gasteiger partial charge in [0.15, 0.2) is 0 Å². The molecule has 0 amide bonds. The molecule has 0 spiro atoms. The van der Waals surface area contributed by atoms with Crippen molar-refractivity contribution < 1.29 is 18.3 Å². The number of rotatable bonds is 6. The Balaban J connectivity index is 1.88.